The van der Waals surface area contributed by atoms with Crippen LogP contribution in [0.15, 0.2) is 18.5 Å². The molecule has 2 aromatic heterocycles. The minimum atomic E-state index is -4.60. The van der Waals surface area contributed by atoms with E-state index in [1.807, 2.05) is 18.4 Å². The SMILES string of the molecule is CC(C)c1nc(-c2cnc(N)c(C(F)(F)F)c2)cn1[C@H]1[C@@H]2CN(CC(F)F)C[C@@H]21. The maximum atomic E-state index is 13.2. The average Bonchev–Trinajstić information content (AvgIpc) is 2.96. The quantitative estimate of drug-likeness (QED) is 0.749. The number of piperidine rings is 1. The van der Waals surface area contributed by atoms with E-state index in [2.05, 4.69) is 9.97 Å². The molecule has 0 aromatic carbocycles. The molecule has 2 N–H and O–H groups in total. The zero-order valence-electron chi connectivity index (χ0n) is 16.0. The van der Waals surface area contributed by atoms with Gasteiger partial charge in [-0.3, -0.25) is 4.90 Å². The fraction of sp³-hybridized carbons (Fsp3) is 0.579. The molecule has 0 amide bonds. The first-order chi connectivity index (χ1) is 13.6. The molecule has 2 aliphatic rings. The summed E-state index contributed by atoms with van der Waals surface area (Å²) in [5.74, 6) is 0.795. The molecule has 2 fully saturated rings. The molecule has 1 aliphatic carbocycles. The average molecular weight is 415 g/mol. The number of rotatable bonds is 5. The van der Waals surface area contributed by atoms with Gasteiger partial charge in [-0.15, -0.1) is 0 Å². The molecule has 29 heavy (non-hydrogen) atoms. The van der Waals surface area contributed by atoms with Crippen molar-refractivity contribution in [2.24, 2.45) is 11.8 Å². The molecule has 3 atom stereocenters. The number of imidazole rings is 1. The number of alkyl halides is 5. The lowest BCUT2D eigenvalue weighted by Crippen LogP contribution is -2.30. The Morgan fingerprint density at radius 3 is 2.41 bits per heavy atom. The van der Waals surface area contributed by atoms with Crippen LogP contribution in [0.4, 0.5) is 27.8 Å². The van der Waals surface area contributed by atoms with Crippen LogP contribution in [0.1, 0.15) is 37.2 Å². The summed E-state index contributed by atoms with van der Waals surface area (Å²) in [5.41, 5.74) is 5.06. The summed E-state index contributed by atoms with van der Waals surface area (Å²) in [5, 5.41) is 0. The molecule has 10 heteroatoms. The van der Waals surface area contributed by atoms with Gasteiger partial charge in [0.1, 0.15) is 11.6 Å². The molecule has 0 unspecified atom stereocenters. The van der Waals surface area contributed by atoms with Gasteiger partial charge in [-0.05, 0) is 17.9 Å². The number of pyridine rings is 1. The maximum absolute atomic E-state index is 13.2. The number of anilines is 1. The fourth-order valence-corrected chi connectivity index (χ4v) is 4.39. The van der Waals surface area contributed by atoms with E-state index in [1.54, 1.807) is 11.1 Å². The van der Waals surface area contributed by atoms with E-state index in [1.165, 1.54) is 6.20 Å². The van der Waals surface area contributed by atoms with Gasteiger partial charge in [0, 0.05) is 43.0 Å². The minimum absolute atomic E-state index is 0.0612. The van der Waals surface area contributed by atoms with E-state index < -0.39 is 24.0 Å². The summed E-state index contributed by atoms with van der Waals surface area (Å²) >= 11 is 0. The summed E-state index contributed by atoms with van der Waals surface area (Å²) in [6, 6.07) is 1.11. The highest BCUT2D eigenvalue weighted by atomic mass is 19.4. The number of halogens is 5. The predicted molar refractivity (Wildman–Crippen MR) is 97.4 cm³/mol. The molecule has 1 aliphatic heterocycles. The zero-order valence-corrected chi connectivity index (χ0v) is 16.0. The number of nitrogens with zero attached hydrogens (tertiary/aromatic N) is 4. The Balaban J connectivity index is 1.61. The van der Waals surface area contributed by atoms with Crippen molar-refractivity contribution in [2.75, 3.05) is 25.4 Å². The Kier molecular flexibility index (Phi) is 4.79. The van der Waals surface area contributed by atoms with Crippen molar-refractivity contribution in [3.63, 3.8) is 0 Å². The van der Waals surface area contributed by atoms with Crippen LogP contribution in [-0.4, -0.2) is 45.5 Å². The Hall–Kier alpha value is -2.23. The van der Waals surface area contributed by atoms with Gasteiger partial charge in [0.05, 0.1) is 17.8 Å². The lowest BCUT2D eigenvalue weighted by Gasteiger charge is -2.20. The molecule has 158 valence electrons. The normalized spacial score (nSPS) is 24.5. The largest absolute Gasteiger partial charge is 0.419 e. The van der Waals surface area contributed by atoms with Gasteiger partial charge in [0.15, 0.2) is 0 Å². The summed E-state index contributed by atoms with van der Waals surface area (Å²) in [7, 11) is 0. The number of nitrogen functional groups attached to an aromatic ring is 1. The number of nitrogens with two attached hydrogens (primary N) is 1. The van der Waals surface area contributed by atoms with E-state index in [4.69, 9.17) is 5.73 Å². The van der Waals surface area contributed by atoms with Crippen molar-refractivity contribution in [3.05, 3.63) is 29.8 Å². The smallest absolute Gasteiger partial charge is 0.383 e. The molecule has 1 saturated heterocycles. The van der Waals surface area contributed by atoms with Gasteiger partial charge in [-0.1, -0.05) is 13.8 Å². The van der Waals surface area contributed by atoms with E-state index in [0.29, 0.717) is 18.8 Å². The molecule has 5 nitrogen and oxygen atoms in total. The third-order valence-electron chi connectivity index (χ3n) is 5.74. The Morgan fingerprint density at radius 1 is 1.21 bits per heavy atom. The van der Waals surface area contributed by atoms with Crippen LogP contribution in [-0.2, 0) is 6.18 Å². The molecule has 2 aromatic rings. The number of fused-ring (bicyclic) bond motifs is 1. The first-order valence-corrected chi connectivity index (χ1v) is 9.48. The minimum Gasteiger partial charge on any atom is -0.383 e. The standard InChI is InChI=1S/C19H22F5N5/c1-9(2)18-27-14(10-3-13(19(22,23)24)17(25)26-4-10)7-29(18)16-11-5-28(6-12(11)16)8-15(20)21/h3-4,7,9,11-12,15-16H,5-6,8H2,1-2H3,(H2,25,26)/t11-,12+,16+. The van der Waals surface area contributed by atoms with Crippen LogP contribution in [0.2, 0.25) is 0 Å². The summed E-state index contributed by atoms with van der Waals surface area (Å²) in [6.45, 7) is 4.92. The van der Waals surface area contributed by atoms with Crippen molar-refractivity contribution in [3.8, 4) is 11.3 Å². The topological polar surface area (TPSA) is 60.0 Å². The van der Waals surface area contributed by atoms with Crippen LogP contribution < -0.4 is 5.73 Å². The third-order valence-corrected chi connectivity index (χ3v) is 5.74. The molecular formula is C19H22F5N5. The summed E-state index contributed by atoms with van der Waals surface area (Å²) in [4.78, 5) is 10.0. The highest BCUT2D eigenvalue weighted by Crippen LogP contribution is 2.56. The molecular weight excluding hydrogens is 393 g/mol. The second kappa shape index (κ2) is 6.93. The van der Waals surface area contributed by atoms with Gasteiger partial charge in [-0.2, -0.15) is 13.2 Å². The molecule has 0 bridgehead atoms. The zero-order chi connectivity index (χ0) is 21.1. The second-order valence-electron chi connectivity index (χ2n) is 8.13. The molecule has 0 radical (unpaired) electrons. The molecule has 3 heterocycles. The highest BCUT2D eigenvalue weighted by molar-refractivity contribution is 5.62. The van der Waals surface area contributed by atoms with Gasteiger partial charge < -0.3 is 10.3 Å². The van der Waals surface area contributed by atoms with Crippen molar-refractivity contribution in [1.29, 1.82) is 0 Å². The Morgan fingerprint density at radius 2 is 1.86 bits per heavy atom. The van der Waals surface area contributed by atoms with Crippen LogP contribution in [0.25, 0.3) is 11.3 Å². The number of likely N-dealkylation sites (tertiary alicyclic amines) is 1. The third kappa shape index (κ3) is 3.70. The Labute approximate surface area is 164 Å². The van der Waals surface area contributed by atoms with Crippen LogP contribution in [0.3, 0.4) is 0 Å². The molecule has 4 rings (SSSR count). The fourth-order valence-electron chi connectivity index (χ4n) is 4.39. The Bertz CT molecular complexity index is 895. The molecule has 1 saturated carbocycles. The number of hydrogen-bond acceptors (Lipinski definition) is 4. The summed E-state index contributed by atoms with van der Waals surface area (Å²) in [6.07, 6.45) is -3.90. The van der Waals surface area contributed by atoms with Gasteiger partial charge in [-0.25, -0.2) is 18.7 Å². The van der Waals surface area contributed by atoms with Crippen molar-refractivity contribution in [2.45, 2.75) is 38.4 Å². The predicted octanol–water partition coefficient (Wildman–Crippen LogP) is 4.04. The number of hydrogen-bond donors (Lipinski definition) is 1. The molecule has 0 spiro atoms. The van der Waals surface area contributed by atoms with Crippen molar-refractivity contribution >= 4 is 5.82 Å². The second-order valence-corrected chi connectivity index (χ2v) is 8.13. The van der Waals surface area contributed by atoms with Crippen LogP contribution >= 0.6 is 0 Å². The van der Waals surface area contributed by atoms with Crippen LogP contribution in [0.5, 0.6) is 0 Å². The van der Waals surface area contributed by atoms with Gasteiger partial charge >= 0.3 is 6.18 Å². The first-order valence-electron chi connectivity index (χ1n) is 9.48. The van der Waals surface area contributed by atoms with Crippen LogP contribution in [0, 0.1) is 11.8 Å². The van der Waals surface area contributed by atoms with Gasteiger partial charge in [0.2, 0.25) is 0 Å². The van der Waals surface area contributed by atoms with E-state index in [9.17, 15) is 22.0 Å². The monoisotopic (exact) mass is 415 g/mol. The highest BCUT2D eigenvalue weighted by Gasteiger charge is 2.57. The van der Waals surface area contributed by atoms with E-state index >= 15 is 0 Å². The van der Waals surface area contributed by atoms with Gasteiger partial charge in [0.25, 0.3) is 6.43 Å². The lowest BCUT2D eigenvalue weighted by molar-refractivity contribution is -0.137. The van der Waals surface area contributed by atoms with Crippen molar-refractivity contribution in [1.82, 2.24) is 19.4 Å². The lowest BCUT2D eigenvalue weighted by atomic mass is 10.1. The van der Waals surface area contributed by atoms with Crippen molar-refractivity contribution < 1.29 is 22.0 Å². The van der Waals surface area contributed by atoms with E-state index in [-0.39, 0.29) is 35.9 Å². The van der Waals surface area contributed by atoms with E-state index in [0.717, 1.165) is 11.9 Å². The maximum Gasteiger partial charge on any atom is 0.419 e. The summed E-state index contributed by atoms with van der Waals surface area (Å²) < 4.78 is 66.7. The first kappa shape index (κ1) is 20.1. The number of aromatic nitrogens is 3.